The van der Waals surface area contributed by atoms with Gasteiger partial charge in [-0.3, -0.25) is 5.10 Å². The van der Waals surface area contributed by atoms with Gasteiger partial charge >= 0.3 is 0 Å². The SMILES string of the molecule is Cc1cc(Nc2nc(N[C@@H]3[C@@H]4CN(CCC#N)C[C@@H]43)nc3sccc23)n[nH]1. The van der Waals surface area contributed by atoms with Gasteiger partial charge in [0.2, 0.25) is 5.95 Å². The highest BCUT2D eigenvalue weighted by Gasteiger charge is 2.55. The van der Waals surface area contributed by atoms with Crippen molar-refractivity contribution < 1.29 is 0 Å². The fourth-order valence-corrected chi connectivity index (χ4v) is 4.75. The molecule has 4 heterocycles. The van der Waals surface area contributed by atoms with Gasteiger partial charge in [0.1, 0.15) is 10.6 Å². The minimum atomic E-state index is 0.432. The normalized spacial score (nSPS) is 23.9. The monoisotopic (exact) mass is 380 g/mol. The predicted molar refractivity (Wildman–Crippen MR) is 105 cm³/mol. The molecule has 0 spiro atoms. The number of likely N-dealkylation sites (tertiary alicyclic amines) is 1. The Kier molecular flexibility index (Phi) is 3.95. The highest BCUT2D eigenvalue weighted by Crippen LogP contribution is 2.47. The summed E-state index contributed by atoms with van der Waals surface area (Å²) in [5.41, 5.74) is 0.998. The van der Waals surface area contributed by atoms with Crippen LogP contribution in [-0.4, -0.2) is 50.7 Å². The van der Waals surface area contributed by atoms with Gasteiger partial charge in [-0.15, -0.1) is 11.3 Å². The fourth-order valence-electron chi connectivity index (χ4n) is 3.99. The lowest BCUT2D eigenvalue weighted by Crippen LogP contribution is -2.29. The zero-order valence-corrected chi connectivity index (χ0v) is 15.8. The molecule has 0 unspecified atom stereocenters. The topological polar surface area (TPSA) is 106 Å². The molecular formula is C18H20N8S. The number of nitrogens with zero attached hydrogens (tertiary/aromatic N) is 5. The van der Waals surface area contributed by atoms with Crippen molar-refractivity contribution in [3.63, 3.8) is 0 Å². The maximum Gasteiger partial charge on any atom is 0.226 e. The van der Waals surface area contributed by atoms with Crippen molar-refractivity contribution in [3.05, 3.63) is 23.2 Å². The van der Waals surface area contributed by atoms with Crippen molar-refractivity contribution in [1.29, 1.82) is 5.26 Å². The summed E-state index contributed by atoms with van der Waals surface area (Å²) in [7, 11) is 0. The van der Waals surface area contributed by atoms with E-state index in [1.807, 2.05) is 24.4 Å². The molecule has 3 atom stereocenters. The van der Waals surface area contributed by atoms with E-state index in [0.717, 1.165) is 47.2 Å². The van der Waals surface area contributed by atoms with Gasteiger partial charge in [-0.2, -0.15) is 15.3 Å². The summed E-state index contributed by atoms with van der Waals surface area (Å²) >= 11 is 1.61. The summed E-state index contributed by atoms with van der Waals surface area (Å²) in [6.07, 6.45) is 0.609. The summed E-state index contributed by atoms with van der Waals surface area (Å²) in [5.74, 6) is 3.47. The third-order valence-corrected chi connectivity index (χ3v) is 6.19. The number of fused-ring (bicyclic) bond motifs is 2. The van der Waals surface area contributed by atoms with Crippen molar-refractivity contribution in [2.45, 2.75) is 19.4 Å². The first-order valence-electron chi connectivity index (χ1n) is 9.11. The van der Waals surface area contributed by atoms with E-state index in [1.165, 1.54) is 0 Å². The quantitative estimate of drug-likeness (QED) is 0.604. The molecule has 3 N–H and O–H groups in total. The predicted octanol–water partition coefficient (Wildman–Crippen LogP) is 2.72. The maximum absolute atomic E-state index is 8.74. The number of aromatic amines is 1. The number of H-pyrrole nitrogens is 1. The van der Waals surface area contributed by atoms with E-state index in [2.05, 4.69) is 31.8 Å². The first-order valence-corrected chi connectivity index (χ1v) is 9.99. The summed E-state index contributed by atoms with van der Waals surface area (Å²) in [6, 6.07) is 6.64. The van der Waals surface area contributed by atoms with Crippen LogP contribution in [0.3, 0.4) is 0 Å². The minimum Gasteiger partial charge on any atom is -0.351 e. The van der Waals surface area contributed by atoms with Crippen LogP contribution in [0.2, 0.25) is 0 Å². The van der Waals surface area contributed by atoms with Gasteiger partial charge in [-0.25, -0.2) is 4.98 Å². The fraction of sp³-hybridized carbons (Fsp3) is 0.444. The number of thiophene rings is 1. The number of nitriles is 1. The molecule has 0 bridgehead atoms. The van der Waals surface area contributed by atoms with Gasteiger partial charge < -0.3 is 15.5 Å². The van der Waals surface area contributed by atoms with Crippen LogP contribution in [0, 0.1) is 30.1 Å². The number of nitrogens with one attached hydrogen (secondary N) is 3. The molecule has 3 aromatic heterocycles. The first kappa shape index (κ1) is 16.5. The van der Waals surface area contributed by atoms with Crippen LogP contribution < -0.4 is 10.6 Å². The van der Waals surface area contributed by atoms with Crippen molar-refractivity contribution >= 4 is 39.1 Å². The van der Waals surface area contributed by atoms with Crippen molar-refractivity contribution in [3.8, 4) is 6.07 Å². The maximum atomic E-state index is 8.74. The number of aromatic nitrogens is 4. The number of rotatable bonds is 6. The summed E-state index contributed by atoms with van der Waals surface area (Å²) in [5, 5.41) is 25.8. The van der Waals surface area contributed by atoms with Crippen LogP contribution in [0.4, 0.5) is 17.6 Å². The summed E-state index contributed by atoms with van der Waals surface area (Å²) in [4.78, 5) is 12.8. The van der Waals surface area contributed by atoms with Gasteiger partial charge in [-0.05, 0) is 30.2 Å². The van der Waals surface area contributed by atoms with Crippen molar-refractivity contribution in [1.82, 2.24) is 25.1 Å². The lowest BCUT2D eigenvalue weighted by molar-refractivity contribution is 0.307. The van der Waals surface area contributed by atoms with E-state index < -0.39 is 0 Å². The molecule has 1 aliphatic heterocycles. The van der Waals surface area contributed by atoms with Gasteiger partial charge in [0, 0.05) is 43.9 Å². The van der Waals surface area contributed by atoms with Gasteiger partial charge in [0.05, 0.1) is 11.5 Å². The average molecular weight is 380 g/mol. The molecule has 1 saturated carbocycles. The lowest BCUT2D eigenvalue weighted by Gasteiger charge is -2.18. The van der Waals surface area contributed by atoms with E-state index in [1.54, 1.807) is 11.3 Å². The molecule has 138 valence electrons. The Morgan fingerprint density at radius 1 is 1.37 bits per heavy atom. The molecule has 1 aliphatic carbocycles. The van der Waals surface area contributed by atoms with E-state index in [-0.39, 0.29) is 0 Å². The second kappa shape index (κ2) is 6.48. The number of anilines is 3. The molecule has 1 saturated heterocycles. The Hall–Kier alpha value is -2.70. The molecule has 8 nitrogen and oxygen atoms in total. The molecule has 0 radical (unpaired) electrons. The summed E-state index contributed by atoms with van der Waals surface area (Å²) in [6.45, 7) is 4.97. The third kappa shape index (κ3) is 3.11. The average Bonchev–Trinajstić information content (AvgIpc) is 3.13. The Morgan fingerprint density at radius 2 is 2.22 bits per heavy atom. The van der Waals surface area contributed by atoms with Crippen LogP contribution in [0.1, 0.15) is 12.1 Å². The Morgan fingerprint density at radius 3 is 2.96 bits per heavy atom. The highest BCUT2D eigenvalue weighted by molar-refractivity contribution is 7.16. The molecule has 27 heavy (non-hydrogen) atoms. The second-order valence-electron chi connectivity index (χ2n) is 7.26. The van der Waals surface area contributed by atoms with Crippen LogP contribution in [0.25, 0.3) is 10.2 Å². The number of hydrogen-bond donors (Lipinski definition) is 3. The van der Waals surface area contributed by atoms with E-state index in [0.29, 0.717) is 30.2 Å². The van der Waals surface area contributed by atoms with E-state index in [9.17, 15) is 0 Å². The molecule has 9 heteroatoms. The van der Waals surface area contributed by atoms with Gasteiger partial charge in [0.15, 0.2) is 5.82 Å². The van der Waals surface area contributed by atoms with Crippen LogP contribution >= 0.6 is 11.3 Å². The number of piperidine rings is 1. The first-order chi connectivity index (χ1) is 13.2. The number of hydrogen-bond acceptors (Lipinski definition) is 8. The van der Waals surface area contributed by atoms with Gasteiger partial charge in [0.25, 0.3) is 0 Å². The molecular weight excluding hydrogens is 360 g/mol. The van der Waals surface area contributed by atoms with Crippen LogP contribution in [-0.2, 0) is 0 Å². The molecule has 2 aliphatic rings. The Balaban J connectivity index is 1.31. The zero-order valence-electron chi connectivity index (χ0n) is 14.9. The zero-order chi connectivity index (χ0) is 18.4. The molecule has 0 amide bonds. The smallest absolute Gasteiger partial charge is 0.226 e. The number of aryl methyl sites for hydroxylation is 1. The largest absolute Gasteiger partial charge is 0.351 e. The molecule has 0 aromatic carbocycles. The van der Waals surface area contributed by atoms with E-state index >= 15 is 0 Å². The standard InChI is InChI=1S/C18H20N8S/c1-10-7-14(25-24-10)20-16-11-3-6-27-17(11)23-18(22-16)21-15-12-8-26(5-2-4-19)9-13(12)15/h3,6-7,12-13,15H,2,5,8-9H2,1H3,(H3,20,21,22,23,24,25)/t12-,13+,15-. The van der Waals surface area contributed by atoms with Crippen LogP contribution in [0.15, 0.2) is 17.5 Å². The third-order valence-electron chi connectivity index (χ3n) is 5.38. The molecule has 3 aromatic rings. The van der Waals surface area contributed by atoms with Gasteiger partial charge in [-0.1, -0.05) is 0 Å². The van der Waals surface area contributed by atoms with E-state index in [4.69, 9.17) is 15.2 Å². The summed E-state index contributed by atoms with van der Waals surface area (Å²) < 4.78 is 0. The van der Waals surface area contributed by atoms with Crippen molar-refractivity contribution in [2.75, 3.05) is 30.3 Å². The second-order valence-corrected chi connectivity index (χ2v) is 8.16. The van der Waals surface area contributed by atoms with Crippen molar-refractivity contribution in [2.24, 2.45) is 11.8 Å². The lowest BCUT2D eigenvalue weighted by atomic mass is 10.3. The molecule has 5 rings (SSSR count). The Labute approximate surface area is 160 Å². The highest BCUT2D eigenvalue weighted by atomic mass is 32.1. The Bertz CT molecular complexity index is 1010. The van der Waals surface area contributed by atoms with Crippen LogP contribution in [0.5, 0.6) is 0 Å². The molecule has 2 fully saturated rings. The minimum absolute atomic E-state index is 0.432.